The van der Waals surface area contributed by atoms with Crippen LogP contribution in [0.1, 0.15) is 17.3 Å². The fraction of sp³-hybridized carbons (Fsp3) is 0.167. The molecule has 0 aliphatic heterocycles. The van der Waals surface area contributed by atoms with E-state index in [0.717, 1.165) is 4.31 Å². The highest BCUT2D eigenvalue weighted by Crippen LogP contribution is 2.30. The van der Waals surface area contributed by atoms with E-state index in [1.54, 1.807) is 30.3 Å². The van der Waals surface area contributed by atoms with Crippen molar-refractivity contribution in [3.8, 4) is 5.75 Å². The van der Waals surface area contributed by atoms with Gasteiger partial charge in [0, 0.05) is 7.05 Å². The minimum Gasteiger partial charge on any atom is -0.495 e. The molecule has 34 heavy (non-hydrogen) atoms. The van der Waals surface area contributed by atoms with E-state index < -0.39 is 33.8 Å². The van der Waals surface area contributed by atoms with Crippen molar-refractivity contribution in [2.75, 3.05) is 23.8 Å². The Kier molecular flexibility index (Phi) is 7.52. The molecule has 0 radical (unpaired) electrons. The zero-order valence-electron chi connectivity index (χ0n) is 18.7. The van der Waals surface area contributed by atoms with Crippen LogP contribution in [-0.4, -0.2) is 40.6 Å². The number of anilines is 2. The molecular weight excluding hydrogens is 463 g/mol. The highest BCUT2D eigenvalue weighted by molar-refractivity contribution is 7.92. The molecule has 3 aromatic carbocycles. The topological polar surface area (TPSA) is 102 Å². The Bertz CT molecular complexity index is 1290. The number of ether oxygens (including phenoxy) is 2. The molecule has 1 unspecified atom stereocenters. The fourth-order valence-corrected chi connectivity index (χ4v) is 4.23. The highest BCUT2D eigenvalue weighted by atomic mass is 32.2. The number of esters is 1. The van der Waals surface area contributed by atoms with Crippen LogP contribution in [0.25, 0.3) is 0 Å². The van der Waals surface area contributed by atoms with Crippen LogP contribution in [0, 0.1) is 5.82 Å². The summed E-state index contributed by atoms with van der Waals surface area (Å²) in [6.07, 6.45) is -1.22. The van der Waals surface area contributed by atoms with E-state index in [9.17, 15) is 22.4 Å². The molecule has 3 rings (SSSR count). The molecule has 10 heteroatoms. The number of carbonyl (C=O) groups excluding carboxylic acids is 2. The van der Waals surface area contributed by atoms with Gasteiger partial charge in [-0.05, 0) is 55.5 Å². The first-order valence-corrected chi connectivity index (χ1v) is 11.6. The number of nitrogens with one attached hydrogen (secondary N) is 1. The molecule has 0 fully saturated rings. The number of para-hydroxylation sites is 3. The van der Waals surface area contributed by atoms with Gasteiger partial charge in [0.25, 0.3) is 15.9 Å². The molecule has 0 spiro atoms. The standard InChI is InChI=1S/C24H23FN2O6S/c1-16(23(28)26-20-9-5-4-8-19(20)25)33-24(29)17-12-14-18(15-13-17)34(30,31)27(2)21-10-6-7-11-22(21)32-3/h4-16H,1-3H3,(H,26,28). The molecule has 1 atom stereocenters. The van der Waals surface area contributed by atoms with Crippen molar-refractivity contribution < 1.29 is 31.9 Å². The predicted octanol–water partition coefficient (Wildman–Crippen LogP) is 3.84. The molecule has 0 heterocycles. The monoisotopic (exact) mass is 486 g/mol. The number of hydrogen-bond donors (Lipinski definition) is 1. The van der Waals surface area contributed by atoms with E-state index in [2.05, 4.69) is 5.32 Å². The lowest BCUT2D eigenvalue weighted by molar-refractivity contribution is -0.123. The number of sulfonamides is 1. The third-order valence-corrected chi connectivity index (χ3v) is 6.74. The first-order valence-electron chi connectivity index (χ1n) is 10.1. The van der Waals surface area contributed by atoms with Crippen LogP contribution >= 0.6 is 0 Å². The van der Waals surface area contributed by atoms with Crippen molar-refractivity contribution in [1.82, 2.24) is 0 Å². The largest absolute Gasteiger partial charge is 0.495 e. The fourth-order valence-electron chi connectivity index (χ4n) is 3.02. The van der Waals surface area contributed by atoms with Gasteiger partial charge in [0.2, 0.25) is 0 Å². The second-order valence-corrected chi connectivity index (χ2v) is 9.15. The van der Waals surface area contributed by atoms with Gasteiger partial charge in [-0.1, -0.05) is 24.3 Å². The smallest absolute Gasteiger partial charge is 0.338 e. The minimum atomic E-state index is -3.94. The number of nitrogens with zero attached hydrogens (tertiary/aromatic N) is 1. The van der Waals surface area contributed by atoms with Gasteiger partial charge in [0.05, 0.1) is 28.9 Å². The number of halogens is 1. The van der Waals surface area contributed by atoms with Gasteiger partial charge in [-0.3, -0.25) is 9.10 Å². The molecule has 0 saturated carbocycles. The maximum Gasteiger partial charge on any atom is 0.338 e. The first-order chi connectivity index (χ1) is 16.1. The van der Waals surface area contributed by atoms with Crippen molar-refractivity contribution in [2.24, 2.45) is 0 Å². The molecule has 3 aromatic rings. The number of benzene rings is 3. The zero-order chi connectivity index (χ0) is 24.9. The molecule has 0 aliphatic rings. The third kappa shape index (κ3) is 5.34. The van der Waals surface area contributed by atoms with Crippen LogP contribution in [0.5, 0.6) is 5.75 Å². The van der Waals surface area contributed by atoms with E-state index in [1.165, 1.54) is 63.5 Å². The molecule has 178 valence electrons. The second kappa shape index (κ2) is 10.3. The van der Waals surface area contributed by atoms with Gasteiger partial charge in [-0.2, -0.15) is 0 Å². The van der Waals surface area contributed by atoms with Gasteiger partial charge in [0.1, 0.15) is 11.6 Å². The molecular formula is C24H23FN2O6S. The van der Waals surface area contributed by atoms with Crippen molar-refractivity contribution in [2.45, 2.75) is 17.9 Å². The second-order valence-electron chi connectivity index (χ2n) is 7.19. The summed E-state index contributed by atoms with van der Waals surface area (Å²) in [7, 11) is -1.10. The summed E-state index contributed by atoms with van der Waals surface area (Å²) >= 11 is 0. The number of amides is 1. The van der Waals surface area contributed by atoms with Crippen LogP contribution in [0.4, 0.5) is 15.8 Å². The lowest BCUT2D eigenvalue weighted by Crippen LogP contribution is -2.30. The number of hydrogen-bond acceptors (Lipinski definition) is 6. The summed E-state index contributed by atoms with van der Waals surface area (Å²) in [5.41, 5.74) is 0.358. The molecule has 0 aliphatic carbocycles. The average Bonchev–Trinajstić information content (AvgIpc) is 2.84. The summed E-state index contributed by atoms with van der Waals surface area (Å²) in [5, 5.41) is 2.35. The van der Waals surface area contributed by atoms with Crippen molar-refractivity contribution in [3.05, 3.63) is 84.2 Å². The van der Waals surface area contributed by atoms with Crippen molar-refractivity contribution >= 4 is 33.3 Å². The zero-order valence-corrected chi connectivity index (χ0v) is 19.5. The molecule has 1 amide bonds. The Morgan fingerprint density at radius 2 is 1.59 bits per heavy atom. The first kappa shape index (κ1) is 24.7. The van der Waals surface area contributed by atoms with Gasteiger partial charge < -0.3 is 14.8 Å². The lowest BCUT2D eigenvalue weighted by Gasteiger charge is -2.21. The van der Waals surface area contributed by atoms with Crippen LogP contribution in [0.2, 0.25) is 0 Å². The van der Waals surface area contributed by atoms with Gasteiger partial charge in [-0.15, -0.1) is 0 Å². The number of methoxy groups -OCH3 is 1. The van der Waals surface area contributed by atoms with Crippen LogP contribution in [-0.2, 0) is 19.6 Å². The Morgan fingerprint density at radius 3 is 2.24 bits per heavy atom. The summed E-state index contributed by atoms with van der Waals surface area (Å²) in [5.74, 6) is -1.78. The van der Waals surface area contributed by atoms with E-state index in [0.29, 0.717) is 11.4 Å². The molecule has 8 nitrogen and oxygen atoms in total. The third-order valence-electron chi connectivity index (χ3n) is 4.96. The molecule has 0 aromatic heterocycles. The summed E-state index contributed by atoms with van der Waals surface area (Å²) in [6.45, 7) is 1.34. The Balaban J connectivity index is 1.70. The number of rotatable bonds is 8. The normalized spacial score (nSPS) is 11.9. The summed E-state index contributed by atoms with van der Waals surface area (Å²) in [4.78, 5) is 24.6. The van der Waals surface area contributed by atoms with E-state index in [1.807, 2.05) is 0 Å². The van der Waals surface area contributed by atoms with Crippen LogP contribution in [0.15, 0.2) is 77.7 Å². The predicted molar refractivity (Wildman–Crippen MR) is 125 cm³/mol. The maximum absolute atomic E-state index is 13.7. The summed E-state index contributed by atoms with van der Waals surface area (Å²) in [6, 6.07) is 17.4. The maximum atomic E-state index is 13.7. The highest BCUT2D eigenvalue weighted by Gasteiger charge is 2.25. The Morgan fingerprint density at radius 1 is 0.971 bits per heavy atom. The quantitative estimate of drug-likeness (QED) is 0.486. The Labute approximate surface area is 197 Å². The minimum absolute atomic E-state index is 0.0378. The van der Waals surface area contributed by atoms with Crippen molar-refractivity contribution in [1.29, 1.82) is 0 Å². The number of carbonyl (C=O) groups is 2. The SMILES string of the molecule is COc1ccccc1N(C)S(=O)(=O)c1ccc(C(=O)OC(C)C(=O)Nc2ccccc2F)cc1. The van der Waals surface area contributed by atoms with E-state index in [4.69, 9.17) is 9.47 Å². The Hall–Kier alpha value is -3.92. The van der Waals surface area contributed by atoms with Crippen molar-refractivity contribution in [3.63, 3.8) is 0 Å². The molecule has 0 bridgehead atoms. The van der Waals surface area contributed by atoms with Gasteiger partial charge in [0.15, 0.2) is 6.10 Å². The van der Waals surface area contributed by atoms with E-state index >= 15 is 0 Å². The molecule has 1 N–H and O–H groups in total. The van der Waals surface area contributed by atoms with E-state index in [-0.39, 0.29) is 16.1 Å². The van der Waals surface area contributed by atoms with Crippen LogP contribution < -0.4 is 14.4 Å². The molecule has 0 saturated heterocycles. The van der Waals surface area contributed by atoms with Crippen LogP contribution in [0.3, 0.4) is 0 Å². The lowest BCUT2D eigenvalue weighted by atomic mass is 10.2. The van der Waals surface area contributed by atoms with Gasteiger partial charge >= 0.3 is 5.97 Å². The van der Waals surface area contributed by atoms with Gasteiger partial charge in [-0.25, -0.2) is 17.6 Å². The average molecular weight is 487 g/mol. The summed E-state index contributed by atoms with van der Waals surface area (Å²) < 4.78 is 51.2.